The molecule has 3 heteroatoms. The van der Waals surface area contributed by atoms with E-state index in [0.29, 0.717) is 5.56 Å². The molecule has 1 aromatic carbocycles. The molecule has 0 aliphatic heterocycles. The molecule has 2 unspecified atom stereocenters. The van der Waals surface area contributed by atoms with Crippen molar-refractivity contribution in [3.63, 3.8) is 0 Å². The van der Waals surface area contributed by atoms with E-state index in [1.54, 1.807) is 31.2 Å². The van der Waals surface area contributed by atoms with Gasteiger partial charge in [-0.25, -0.2) is 0 Å². The van der Waals surface area contributed by atoms with E-state index in [-0.39, 0.29) is 0 Å². The van der Waals surface area contributed by atoms with Gasteiger partial charge in [-0.1, -0.05) is 51.1 Å². The van der Waals surface area contributed by atoms with Crippen molar-refractivity contribution in [3.8, 4) is 0 Å². The average molecular weight is 236 g/mol. The molecule has 2 atom stereocenters. The van der Waals surface area contributed by atoms with Gasteiger partial charge in [-0.3, -0.25) is 4.79 Å². The Balaban J connectivity index is 3.25. The lowest BCUT2D eigenvalue weighted by atomic mass is 9.68. The molecule has 0 saturated carbocycles. The Morgan fingerprint density at radius 1 is 1.12 bits per heavy atom. The van der Waals surface area contributed by atoms with Crippen molar-refractivity contribution in [2.45, 2.75) is 39.2 Å². The summed E-state index contributed by atoms with van der Waals surface area (Å²) >= 11 is 0. The summed E-state index contributed by atoms with van der Waals surface area (Å²) in [5.74, 6) is -1.93. The minimum Gasteiger partial charge on any atom is -0.481 e. The van der Waals surface area contributed by atoms with Gasteiger partial charge >= 0.3 is 5.97 Å². The Hall–Kier alpha value is -1.35. The van der Waals surface area contributed by atoms with Crippen LogP contribution in [0.15, 0.2) is 30.3 Å². The smallest absolute Gasteiger partial charge is 0.313 e. The zero-order valence-electron chi connectivity index (χ0n) is 10.8. The van der Waals surface area contributed by atoms with Crippen molar-refractivity contribution in [1.82, 2.24) is 0 Å². The lowest BCUT2D eigenvalue weighted by Gasteiger charge is -2.41. The van der Waals surface area contributed by atoms with Crippen LogP contribution in [0.5, 0.6) is 0 Å². The fourth-order valence-electron chi connectivity index (χ4n) is 1.79. The van der Waals surface area contributed by atoms with Crippen LogP contribution in [0.1, 0.15) is 39.2 Å². The molecule has 3 nitrogen and oxygen atoms in total. The van der Waals surface area contributed by atoms with E-state index in [0.717, 1.165) is 0 Å². The maximum atomic E-state index is 11.4. The van der Waals surface area contributed by atoms with Gasteiger partial charge in [0, 0.05) is 0 Å². The fraction of sp³-hybridized carbons (Fsp3) is 0.500. The van der Waals surface area contributed by atoms with Gasteiger partial charge in [-0.2, -0.15) is 0 Å². The van der Waals surface area contributed by atoms with Crippen molar-refractivity contribution in [2.75, 3.05) is 0 Å². The topological polar surface area (TPSA) is 57.5 Å². The summed E-state index contributed by atoms with van der Waals surface area (Å²) in [6, 6.07) is 8.86. The highest BCUT2D eigenvalue weighted by Crippen LogP contribution is 2.41. The third-order valence-electron chi connectivity index (χ3n) is 3.46. The molecule has 0 spiro atoms. The van der Waals surface area contributed by atoms with Crippen LogP contribution in [0.3, 0.4) is 0 Å². The van der Waals surface area contributed by atoms with Gasteiger partial charge in [0.1, 0.15) is 5.92 Å². The molecule has 0 fully saturated rings. The zero-order valence-corrected chi connectivity index (χ0v) is 10.8. The van der Waals surface area contributed by atoms with Gasteiger partial charge in [-0.05, 0) is 17.9 Å². The van der Waals surface area contributed by atoms with E-state index in [2.05, 4.69) is 0 Å². The Kier molecular flexibility index (Phi) is 3.62. The van der Waals surface area contributed by atoms with E-state index in [9.17, 15) is 15.0 Å². The summed E-state index contributed by atoms with van der Waals surface area (Å²) in [4.78, 5) is 11.4. The maximum Gasteiger partial charge on any atom is 0.313 e. The molecule has 0 aromatic heterocycles. The Morgan fingerprint density at radius 2 is 1.59 bits per heavy atom. The number of carbonyl (C=O) groups is 1. The standard InChI is InChI=1S/C14H20O3/c1-13(2,3)14(4,17)11(12(15)16)10-8-6-5-7-9-10/h5-9,11,17H,1-4H3,(H,15,16). The molecular formula is C14H20O3. The van der Waals surface area contributed by atoms with E-state index in [1.165, 1.54) is 0 Å². The second kappa shape index (κ2) is 4.49. The van der Waals surface area contributed by atoms with Gasteiger partial charge in [0.15, 0.2) is 0 Å². The second-order valence-corrected chi connectivity index (χ2v) is 5.58. The summed E-state index contributed by atoms with van der Waals surface area (Å²) < 4.78 is 0. The lowest BCUT2D eigenvalue weighted by molar-refractivity contribution is -0.151. The summed E-state index contributed by atoms with van der Waals surface area (Å²) in [5.41, 5.74) is -1.22. The predicted molar refractivity (Wildman–Crippen MR) is 66.9 cm³/mol. The van der Waals surface area contributed by atoms with Crippen molar-refractivity contribution in [2.24, 2.45) is 5.41 Å². The molecular weight excluding hydrogens is 216 g/mol. The summed E-state index contributed by atoms with van der Waals surface area (Å²) in [6.45, 7) is 7.10. The largest absolute Gasteiger partial charge is 0.481 e. The molecule has 1 aromatic rings. The quantitative estimate of drug-likeness (QED) is 0.848. The van der Waals surface area contributed by atoms with Gasteiger partial charge in [0.2, 0.25) is 0 Å². The van der Waals surface area contributed by atoms with Crippen LogP contribution in [0.4, 0.5) is 0 Å². The highest BCUT2D eigenvalue weighted by atomic mass is 16.4. The number of hydrogen-bond acceptors (Lipinski definition) is 2. The number of carboxylic acids is 1. The summed E-state index contributed by atoms with van der Waals surface area (Å²) in [6.07, 6.45) is 0. The first-order valence-electron chi connectivity index (χ1n) is 5.68. The number of rotatable bonds is 3. The predicted octanol–water partition coefficient (Wildman–Crippen LogP) is 2.65. The zero-order chi connectivity index (χ0) is 13.3. The third kappa shape index (κ3) is 2.67. The first-order valence-corrected chi connectivity index (χ1v) is 5.68. The van der Waals surface area contributed by atoms with Crippen LogP contribution in [0.2, 0.25) is 0 Å². The third-order valence-corrected chi connectivity index (χ3v) is 3.46. The highest BCUT2D eigenvalue weighted by molar-refractivity contribution is 5.78. The van der Waals surface area contributed by atoms with Crippen molar-refractivity contribution in [3.05, 3.63) is 35.9 Å². The van der Waals surface area contributed by atoms with Crippen molar-refractivity contribution < 1.29 is 15.0 Å². The molecule has 0 aliphatic rings. The Bertz CT molecular complexity index is 388. The average Bonchev–Trinajstić information content (AvgIpc) is 2.16. The highest BCUT2D eigenvalue weighted by Gasteiger charge is 2.46. The first kappa shape index (κ1) is 13.7. The van der Waals surface area contributed by atoms with E-state index >= 15 is 0 Å². The lowest BCUT2D eigenvalue weighted by Crippen LogP contribution is -2.48. The molecule has 1 rings (SSSR count). The van der Waals surface area contributed by atoms with Crippen LogP contribution in [-0.2, 0) is 4.79 Å². The van der Waals surface area contributed by atoms with E-state index < -0.39 is 22.9 Å². The molecule has 2 N–H and O–H groups in total. The fourth-order valence-corrected chi connectivity index (χ4v) is 1.79. The molecule has 0 heterocycles. The number of benzene rings is 1. The summed E-state index contributed by atoms with van der Waals surface area (Å²) in [7, 11) is 0. The molecule has 17 heavy (non-hydrogen) atoms. The molecule has 94 valence electrons. The molecule has 0 aliphatic carbocycles. The minimum absolute atomic E-state index is 0.522. The van der Waals surface area contributed by atoms with E-state index in [4.69, 9.17) is 0 Å². The molecule has 0 saturated heterocycles. The molecule has 0 amide bonds. The number of hydrogen-bond donors (Lipinski definition) is 2. The van der Waals surface area contributed by atoms with Crippen LogP contribution in [-0.4, -0.2) is 21.8 Å². The summed E-state index contributed by atoms with van der Waals surface area (Å²) in [5, 5.41) is 19.9. The second-order valence-electron chi connectivity index (χ2n) is 5.58. The molecule has 0 radical (unpaired) electrons. The van der Waals surface area contributed by atoms with Gasteiger partial charge in [-0.15, -0.1) is 0 Å². The maximum absolute atomic E-state index is 11.4. The van der Waals surface area contributed by atoms with Gasteiger partial charge in [0.25, 0.3) is 0 Å². The van der Waals surface area contributed by atoms with Crippen molar-refractivity contribution >= 4 is 5.97 Å². The van der Waals surface area contributed by atoms with Crippen LogP contribution in [0.25, 0.3) is 0 Å². The van der Waals surface area contributed by atoms with Crippen LogP contribution in [0, 0.1) is 5.41 Å². The first-order chi connectivity index (χ1) is 7.68. The number of aliphatic hydroxyl groups is 1. The Morgan fingerprint density at radius 3 is 1.94 bits per heavy atom. The normalized spacial score (nSPS) is 17.2. The molecule has 0 bridgehead atoms. The van der Waals surface area contributed by atoms with E-state index in [1.807, 2.05) is 26.8 Å². The monoisotopic (exact) mass is 236 g/mol. The van der Waals surface area contributed by atoms with Crippen LogP contribution >= 0.6 is 0 Å². The number of aliphatic carboxylic acids is 1. The minimum atomic E-state index is -1.32. The van der Waals surface area contributed by atoms with Crippen molar-refractivity contribution in [1.29, 1.82) is 0 Å². The SMILES string of the molecule is CC(C)(C)C(C)(O)C(C(=O)O)c1ccccc1. The van der Waals surface area contributed by atoms with Gasteiger partial charge < -0.3 is 10.2 Å². The number of carboxylic acid groups (broad SMARTS) is 1. The van der Waals surface area contributed by atoms with Crippen LogP contribution < -0.4 is 0 Å². The Labute approximate surface area is 102 Å². The van der Waals surface area contributed by atoms with Gasteiger partial charge in [0.05, 0.1) is 5.60 Å².